The molecule has 1 fully saturated rings. The molecule has 100 valence electrons. The Hall–Kier alpha value is -1.29. The zero-order valence-electron chi connectivity index (χ0n) is 11.5. The van der Waals surface area contributed by atoms with Gasteiger partial charge in [0.05, 0.1) is 6.54 Å². The average molecular weight is 250 g/mol. The Morgan fingerprint density at radius 1 is 1.44 bits per heavy atom. The molecule has 1 N–H and O–H groups in total. The molecule has 1 aliphatic heterocycles. The van der Waals surface area contributed by atoms with E-state index in [-0.39, 0.29) is 11.3 Å². The number of nitrogens with zero attached hydrogens (tertiary/aromatic N) is 1. The van der Waals surface area contributed by atoms with E-state index in [1.54, 1.807) is 4.90 Å². The van der Waals surface area contributed by atoms with Crippen LogP contribution in [0.15, 0.2) is 16.5 Å². The first-order valence-electron chi connectivity index (χ1n) is 6.53. The molecule has 0 unspecified atom stereocenters. The van der Waals surface area contributed by atoms with Gasteiger partial charge in [0, 0.05) is 12.5 Å². The van der Waals surface area contributed by atoms with Gasteiger partial charge < -0.3 is 14.6 Å². The van der Waals surface area contributed by atoms with Gasteiger partial charge in [-0.1, -0.05) is 6.92 Å². The van der Waals surface area contributed by atoms with Crippen LogP contribution in [0.4, 0.5) is 0 Å². The summed E-state index contributed by atoms with van der Waals surface area (Å²) in [5, 5.41) is 3.30. The molecule has 4 heteroatoms. The third kappa shape index (κ3) is 2.75. The topological polar surface area (TPSA) is 45.5 Å². The molecular formula is C14H22N2O2. The summed E-state index contributed by atoms with van der Waals surface area (Å²) in [7, 11) is 1.85. The van der Waals surface area contributed by atoms with Crippen molar-refractivity contribution >= 4 is 5.91 Å². The lowest BCUT2D eigenvalue weighted by atomic mass is 9.80. The summed E-state index contributed by atoms with van der Waals surface area (Å²) in [5.74, 6) is 1.96. The fourth-order valence-corrected chi connectivity index (χ4v) is 2.53. The summed E-state index contributed by atoms with van der Waals surface area (Å²) < 4.78 is 5.52. The molecule has 1 amide bonds. The largest absolute Gasteiger partial charge is 0.464 e. The second-order valence-corrected chi connectivity index (χ2v) is 5.48. The van der Waals surface area contributed by atoms with E-state index in [1.165, 1.54) is 0 Å². The van der Waals surface area contributed by atoms with Crippen molar-refractivity contribution in [3.05, 3.63) is 23.7 Å². The molecule has 0 spiro atoms. The summed E-state index contributed by atoms with van der Waals surface area (Å²) >= 11 is 0. The predicted molar refractivity (Wildman–Crippen MR) is 70.1 cm³/mol. The minimum Gasteiger partial charge on any atom is -0.464 e. The van der Waals surface area contributed by atoms with Crippen molar-refractivity contribution in [3.63, 3.8) is 0 Å². The summed E-state index contributed by atoms with van der Waals surface area (Å²) in [6.07, 6.45) is 1.82. The van der Waals surface area contributed by atoms with Gasteiger partial charge in [-0.3, -0.25) is 4.79 Å². The van der Waals surface area contributed by atoms with E-state index < -0.39 is 0 Å². The molecule has 1 aromatic rings. The summed E-state index contributed by atoms with van der Waals surface area (Å²) in [6, 6.07) is 3.86. The van der Waals surface area contributed by atoms with Gasteiger partial charge in [-0.05, 0) is 45.0 Å². The van der Waals surface area contributed by atoms with E-state index in [0.29, 0.717) is 6.54 Å². The Kier molecular flexibility index (Phi) is 3.76. The molecule has 1 aromatic heterocycles. The fourth-order valence-electron chi connectivity index (χ4n) is 2.53. The number of hydrogen-bond acceptors (Lipinski definition) is 3. The highest BCUT2D eigenvalue weighted by Crippen LogP contribution is 2.30. The number of carbonyl (C=O) groups excluding carboxylic acids is 1. The van der Waals surface area contributed by atoms with Crippen molar-refractivity contribution in [3.8, 4) is 0 Å². The van der Waals surface area contributed by atoms with Gasteiger partial charge in [0.1, 0.15) is 11.5 Å². The highest BCUT2D eigenvalue weighted by atomic mass is 16.3. The maximum absolute atomic E-state index is 12.5. The van der Waals surface area contributed by atoms with Gasteiger partial charge in [0.2, 0.25) is 5.91 Å². The number of nitrogens with one attached hydrogen (secondary N) is 1. The first kappa shape index (κ1) is 13.1. The summed E-state index contributed by atoms with van der Waals surface area (Å²) in [5.41, 5.74) is -0.221. The molecule has 0 radical (unpaired) electrons. The Morgan fingerprint density at radius 2 is 2.11 bits per heavy atom. The molecular weight excluding hydrogens is 228 g/mol. The van der Waals surface area contributed by atoms with Gasteiger partial charge in [0.25, 0.3) is 0 Å². The lowest BCUT2D eigenvalue weighted by molar-refractivity contribution is -0.142. The van der Waals surface area contributed by atoms with Crippen LogP contribution in [-0.4, -0.2) is 30.9 Å². The van der Waals surface area contributed by atoms with Crippen LogP contribution in [0.25, 0.3) is 0 Å². The quantitative estimate of drug-likeness (QED) is 0.891. The third-order valence-electron chi connectivity index (χ3n) is 3.76. The van der Waals surface area contributed by atoms with Crippen LogP contribution in [0, 0.1) is 12.3 Å². The molecule has 0 aliphatic carbocycles. The minimum atomic E-state index is -0.221. The Labute approximate surface area is 108 Å². The van der Waals surface area contributed by atoms with Gasteiger partial charge >= 0.3 is 0 Å². The number of piperidine rings is 1. The zero-order chi connectivity index (χ0) is 13.2. The van der Waals surface area contributed by atoms with Gasteiger partial charge in [-0.2, -0.15) is 0 Å². The van der Waals surface area contributed by atoms with E-state index in [9.17, 15) is 4.79 Å². The second kappa shape index (κ2) is 5.14. The van der Waals surface area contributed by atoms with Crippen molar-refractivity contribution < 1.29 is 9.21 Å². The van der Waals surface area contributed by atoms with E-state index in [0.717, 1.165) is 37.5 Å². The van der Waals surface area contributed by atoms with Crippen molar-refractivity contribution in [2.75, 3.05) is 20.1 Å². The van der Waals surface area contributed by atoms with Crippen molar-refractivity contribution in [2.24, 2.45) is 5.41 Å². The molecule has 1 saturated heterocycles. The highest BCUT2D eigenvalue weighted by molar-refractivity contribution is 5.82. The molecule has 0 aromatic carbocycles. The normalized spacial score (nSPS) is 18.6. The van der Waals surface area contributed by atoms with Gasteiger partial charge in [-0.25, -0.2) is 0 Å². The van der Waals surface area contributed by atoms with E-state index >= 15 is 0 Å². The summed E-state index contributed by atoms with van der Waals surface area (Å²) in [6.45, 7) is 6.39. The van der Waals surface area contributed by atoms with Crippen LogP contribution in [0.3, 0.4) is 0 Å². The number of hydrogen-bond donors (Lipinski definition) is 1. The number of furan rings is 1. The molecule has 0 atom stereocenters. The molecule has 0 saturated carbocycles. The van der Waals surface area contributed by atoms with Crippen LogP contribution in [0.1, 0.15) is 31.3 Å². The van der Waals surface area contributed by atoms with Crippen LogP contribution < -0.4 is 5.32 Å². The number of amides is 1. The molecule has 0 bridgehead atoms. The highest BCUT2D eigenvalue weighted by Gasteiger charge is 2.36. The zero-order valence-corrected chi connectivity index (χ0v) is 11.5. The van der Waals surface area contributed by atoms with Crippen molar-refractivity contribution in [1.82, 2.24) is 10.2 Å². The monoisotopic (exact) mass is 250 g/mol. The van der Waals surface area contributed by atoms with Gasteiger partial charge in [0.15, 0.2) is 0 Å². The van der Waals surface area contributed by atoms with Crippen LogP contribution in [-0.2, 0) is 11.3 Å². The second-order valence-electron chi connectivity index (χ2n) is 5.48. The van der Waals surface area contributed by atoms with Crippen molar-refractivity contribution in [2.45, 2.75) is 33.2 Å². The van der Waals surface area contributed by atoms with Crippen LogP contribution in [0.5, 0.6) is 0 Å². The molecule has 18 heavy (non-hydrogen) atoms. The third-order valence-corrected chi connectivity index (χ3v) is 3.76. The number of rotatable bonds is 3. The van der Waals surface area contributed by atoms with Gasteiger partial charge in [-0.15, -0.1) is 0 Å². The molecule has 2 rings (SSSR count). The maximum atomic E-state index is 12.5. The number of aryl methyl sites for hydroxylation is 1. The minimum absolute atomic E-state index is 0.220. The molecule has 4 nitrogen and oxygen atoms in total. The first-order chi connectivity index (χ1) is 8.51. The first-order valence-corrected chi connectivity index (χ1v) is 6.53. The Balaban J connectivity index is 1.99. The van der Waals surface area contributed by atoms with E-state index in [2.05, 4.69) is 12.2 Å². The number of carbonyl (C=O) groups is 1. The van der Waals surface area contributed by atoms with Crippen LogP contribution in [0.2, 0.25) is 0 Å². The lowest BCUT2D eigenvalue weighted by Crippen LogP contribution is -2.46. The SMILES string of the molecule is Cc1ccc(CN(C)C(=O)C2(C)CCNCC2)o1. The molecule has 2 heterocycles. The van der Waals surface area contributed by atoms with E-state index in [4.69, 9.17) is 4.42 Å². The Morgan fingerprint density at radius 3 is 2.67 bits per heavy atom. The van der Waals surface area contributed by atoms with Crippen LogP contribution >= 0.6 is 0 Å². The molecule has 1 aliphatic rings. The standard InChI is InChI=1S/C14H22N2O2/c1-11-4-5-12(18-11)10-16(3)13(17)14(2)6-8-15-9-7-14/h4-5,15H,6-10H2,1-3H3. The maximum Gasteiger partial charge on any atom is 0.228 e. The Bertz CT molecular complexity index is 419. The predicted octanol–water partition coefficient (Wildman–Crippen LogP) is 1.94. The van der Waals surface area contributed by atoms with Crippen molar-refractivity contribution in [1.29, 1.82) is 0 Å². The lowest BCUT2D eigenvalue weighted by Gasteiger charge is -2.35. The average Bonchev–Trinajstić information content (AvgIpc) is 2.74. The fraction of sp³-hybridized carbons (Fsp3) is 0.643. The smallest absolute Gasteiger partial charge is 0.228 e. The summed E-state index contributed by atoms with van der Waals surface area (Å²) in [4.78, 5) is 14.3. The van der Waals surface area contributed by atoms with E-state index in [1.807, 2.05) is 26.1 Å².